The summed E-state index contributed by atoms with van der Waals surface area (Å²) in [6.45, 7) is 4.80. The van der Waals surface area contributed by atoms with Crippen molar-refractivity contribution >= 4 is 5.91 Å². The van der Waals surface area contributed by atoms with Crippen molar-refractivity contribution in [2.75, 3.05) is 6.61 Å². The van der Waals surface area contributed by atoms with E-state index in [0.29, 0.717) is 18.3 Å². The summed E-state index contributed by atoms with van der Waals surface area (Å²) in [7, 11) is 0. The van der Waals surface area contributed by atoms with Gasteiger partial charge in [-0.15, -0.1) is 0 Å². The van der Waals surface area contributed by atoms with Crippen LogP contribution < -0.4 is 5.32 Å². The van der Waals surface area contributed by atoms with E-state index in [4.69, 9.17) is 9.15 Å². The van der Waals surface area contributed by atoms with Crippen molar-refractivity contribution in [3.8, 4) is 0 Å². The fraction of sp³-hybridized carbons (Fsp3) is 0.500. The fourth-order valence-electron chi connectivity index (χ4n) is 2.57. The number of oxazole rings is 1. The second kappa shape index (κ2) is 6.45. The van der Waals surface area contributed by atoms with Crippen molar-refractivity contribution in [2.24, 2.45) is 0 Å². The number of carbonyl (C=O) groups is 1. The van der Waals surface area contributed by atoms with Gasteiger partial charge in [0.05, 0.1) is 0 Å². The van der Waals surface area contributed by atoms with Gasteiger partial charge in [-0.3, -0.25) is 4.79 Å². The maximum Gasteiger partial charge on any atom is 0.273 e. The van der Waals surface area contributed by atoms with Crippen LogP contribution in [-0.4, -0.2) is 27.5 Å². The van der Waals surface area contributed by atoms with E-state index < -0.39 is 5.60 Å². The monoisotopic (exact) mass is 316 g/mol. The molecule has 23 heavy (non-hydrogen) atoms. The largest absolute Gasteiger partial charge is 0.448 e. The van der Waals surface area contributed by atoms with Crippen molar-refractivity contribution in [3.05, 3.63) is 41.6 Å². The molecular weight excluding hydrogens is 296 g/mol. The molecule has 0 unspecified atom stereocenters. The van der Waals surface area contributed by atoms with Gasteiger partial charge in [-0.05, 0) is 26.2 Å². The van der Waals surface area contributed by atoms with Gasteiger partial charge in [0.15, 0.2) is 17.4 Å². The summed E-state index contributed by atoms with van der Waals surface area (Å²) in [6.07, 6.45) is 7.91. The fourth-order valence-corrected chi connectivity index (χ4v) is 2.57. The number of nitrogens with one attached hydrogen (secondary N) is 1. The van der Waals surface area contributed by atoms with Gasteiger partial charge >= 0.3 is 0 Å². The van der Waals surface area contributed by atoms with Crippen LogP contribution in [0.3, 0.4) is 0 Å². The molecule has 3 heterocycles. The first kappa shape index (κ1) is 15.6. The Morgan fingerprint density at radius 3 is 2.74 bits per heavy atom. The molecule has 2 aromatic rings. The van der Waals surface area contributed by atoms with Crippen molar-refractivity contribution in [3.63, 3.8) is 0 Å². The average Bonchev–Trinajstić information content (AvgIpc) is 3.00. The van der Waals surface area contributed by atoms with Crippen molar-refractivity contribution < 1.29 is 13.9 Å². The molecule has 1 aliphatic rings. The molecule has 3 rings (SSSR count). The maximum atomic E-state index is 11.9. The van der Waals surface area contributed by atoms with Crippen LogP contribution >= 0.6 is 0 Å². The first-order valence-corrected chi connectivity index (χ1v) is 7.72. The Morgan fingerprint density at radius 1 is 1.35 bits per heavy atom. The van der Waals surface area contributed by atoms with Crippen LogP contribution in [0.25, 0.3) is 0 Å². The molecule has 1 aliphatic heterocycles. The molecule has 1 saturated heterocycles. The Morgan fingerprint density at radius 2 is 2.13 bits per heavy atom. The summed E-state index contributed by atoms with van der Waals surface area (Å²) >= 11 is 0. The third-order valence-corrected chi connectivity index (χ3v) is 3.95. The Kier molecular flexibility index (Phi) is 4.38. The lowest BCUT2D eigenvalue weighted by Crippen LogP contribution is -2.32. The maximum absolute atomic E-state index is 11.9. The molecule has 0 aliphatic carbocycles. The lowest BCUT2D eigenvalue weighted by atomic mass is 9.95. The van der Waals surface area contributed by atoms with Gasteiger partial charge < -0.3 is 14.5 Å². The van der Waals surface area contributed by atoms with Crippen LogP contribution in [-0.2, 0) is 16.9 Å². The molecular formula is C16H20N4O3. The zero-order valence-corrected chi connectivity index (χ0v) is 13.3. The molecule has 1 fully saturated rings. The summed E-state index contributed by atoms with van der Waals surface area (Å²) in [4.78, 5) is 24.7. The smallest absolute Gasteiger partial charge is 0.273 e. The van der Waals surface area contributed by atoms with Gasteiger partial charge in [-0.1, -0.05) is 0 Å². The van der Waals surface area contributed by atoms with Crippen LogP contribution in [0.2, 0.25) is 0 Å². The lowest BCUT2D eigenvalue weighted by molar-refractivity contribution is -0.0760. The second-order valence-corrected chi connectivity index (χ2v) is 5.89. The number of rotatable bonds is 4. The molecule has 1 amide bonds. The molecule has 0 radical (unpaired) electrons. The Labute approximate surface area is 134 Å². The molecule has 122 valence electrons. The van der Waals surface area contributed by atoms with E-state index in [-0.39, 0.29) is 11.6 Å². The van der Waals surface area contributed by atoms with Crippen LogP contribution in [0.15, 0.2) is 23.1 Å². The van der Waals surface area contributed by atoms with Gasteiger partial charge in [-0.2, -0.15) is 0 Å². The standard InChI is InChI=1S/C16H20N4O3/c1-11-20-13(10-22-11)14(21)17-7-12-8-18-15(19-9-12)16(2)5-3-4-6-23-16/h8-10H,3-7H2,1-2H3,(H,17,21)/t16-/m1/s1. The predicted molar refractivity (Wildman–Crippen MR) is 81.6 cm³/mol. The van der Waals surface area contributed by atoms with Gasteiger partial charge in [-0.25, -0.2) is 15.0 Å². The summed E-state index contributed by atoms with van der Waals surface area (Å²) < 4.78 is 10.9. The first-order chi connectivity index (χ1) is 11.1. The zero-order chi connectivity index (χ0) is 16.3. The summed E-state index contributed by atoms with van der Waals surface area (Å²) in [5.41, 5.74) is 0.683. The van der Waals surface area contributed by atoms with E-state index >= 15 is 0 Å². The Balaban J connectivity index is 1.60. The molecule has 0 aromatic carbocycles. The van der Waals surface area contributed by atoms with E-state index in [1.807, 2.05) is 6.92 Å². The van der Waals surface area contributed by atoms with E-state index in [0.717, 1.165) is 31.4 Å². The molecule has 7 nitrogen and oxygen atoms in total. The summed E-state index contributed by atoms with van der Waals surface area (Å²) in [5.74, 6) is 0.872. The van der Waals surface area contributed by atoms with Gasteiger partial charge in [0.25, 0.3) is 5.91 Å². The number of hydrogen-bond donors (Lipinski definition) is 1. The van der Waals surface area contributed by atoms with E-state index in [9.17, 15) is 4.79 Å². The normalized spacial score (nSPS) is 21.1. The number of amides is 1. The number of aryl methyl sites for hydroxylation is 1. The minimum Gasteiger partial charge on any atom is -0.448 e. The van der Waals surface area contributed by atoms with Crippen LogP contribution in [0.1, 0.15) is 54.0 Å². The minimum absolute atomic E-state index is 0.267. The molecule has 2 aromatic heterocycles. The molecule has 0 spiro atoms. The highest BCUT2D eigenvalue weighted by molar-refractivity contribution is 5.91. The third kappa shape index (κ3) is 3.56. The van der Waals surface area contributed by atoms with Crippen molar-refractivity contribution in [1.29, 1.82) is 0 Å². The number of aromatic nitrogens is 3. The van der Waals surface area contributed by atoms with Crippen LogP contribution in [0, 0.1) is 6.92 Å². The van der Waals surface area contributed by atoms with E-state index in [2.05, 4.69) is 20.3 Å². The van der Waals surface area contributed by atoms with Gasteiger partial charge in [0.2, 0.25) is 0 Å². The third-order valence-electron chi connectivity index (χ3n) is 3.95. The van der Waals surface area contributed by atoms with Gasteiger partial charge in [0.1, 0.15) is 11.9 Å². The predicted octanol–water partition coefficient (Wildman–Crippen LogP) is 2.12. The Bertz CT molecular complexity index is 675. The molecule has 1 N–H and O–H groups in total. The number of carbonyl (C=O) groups excluding carboxylic acids is 1. The highest BCUT2D eigenvalue weighted by atomic mass is 16.5. The zero-order valence-electron chi connectivity index (χ0n) is 13.3. The average molecular weight is 316 g/mol. The first-order valence-electron chi connectivity index (χ1n) is 7.72. The van der Waals surface area contributed by atoms with Gasteiger partial charge in [0, 0.05) is 38.0 Å². The highest BCUT2D eigenvalue weighted by Crippen LogP contribution is 2.32. The van der Waals surface area contributed by atoms with Crippen LogP contribution in [0.5, 0.6) is 0 Å². The van der Waals surface area contributed by atoms with Crippen molar-refractivity contribution in [2.45, 2.75) is 45.3 Å². The summed E-state index contributed by atoms with van der Waals surface area (Å²) in [6, 6.07) is 0. The van der Waals surface area contributed by atoms with E-state index in [1.165, 1.54) is 6.26 Å². The summed E-state index contributed by atoms with van der Waals surface area (Å²) in [5, 5.41) is 2.76. The van der Waals surface area contributed by atoms with Crippen LogP contribution in [0.4, 0.5) is 0 Å². The number of nitrogens with zero attached hydrogens (tertiary/aromatic N) is 3. The number of ether oxygens (including phenoxy) is 1. The quantitative estimate of drug-likeness (QED) is 0.929. The molecule has 1 atom stereocenters. The Hall–Kier alpha value is -2.28. The van der Waals surface area contributed by atoms with Crippen molar-refractivity contribution in [1.82, 2.24) is 20.3 Å². The lowest BCUT2D eigenvalue weighted by Gasteiger charge is -2.32. The molecule has 0 bridgehead atoms. The molecule has 7 heteroatoms. The topological polar surface area (TPSA) is 90.1 Å². The highest BCUT2D eigenvalue weighted by Gasteiger charge is 2.32. The minimum atomic E-state index is -0.404. The van der Waals surface area contributed by atoms with E-state index in [1.54, 1.807) is 19.3 Å². The molecule has 0 saturated carbocycles. The second-order valence-electron chi connectivity index (χ2n) is 5.89. The number of hydrogen-bond acceptors (Lipinski definition) is 6. The SMILES string of the molecule is Cc1nc(C(=O)NCc2cnc([C@@]3(C)CCCCO3)nc2)co1.